The van der Waals surface area contributed by atoms with Crippen molar-refractivity contribution in [2.45, 2.75) is 24.7 Å². The third-order valence-electron chi connectivity index (χ3n) is 2.86. The fourth-order valence-electron chi connectivity index (χ4n) is 1.79. The van der Waals surface area contributed by atoms with Gasteiger partial charge in [0.1, 0.15) is 0 Å². The van der Waals surface area contributed by atoms with Gasteiger partial charge in [0.25, 0.3) is 0 Å². The second kappa shape index (κ2) is 7.28. The number of nitriles is 2. The maximum absolute atomic E-state index is 12.6. The molecule has 0 saturated carbocycles. The number of sulfonamides is 1. The number of anilines is 1. The van der Waals surface area contributed by atoms with Gasteiger partial charge < -0.3 is 5.73 Å². The zero-order chi connectivity index (χ0) is 16.0. The van der Waals surface area contributed by atoms with E-state index in [1.807, 2.05) is 12.1 Å². The Morgan fingerprint density at radius 3 is 2.24 bits per heavy atom. The van der Waals surface area contributed by atoms with E-state index in [0.29, 0.717) is 5.56 Å². The van der Waals surface area contributed by atoms with Crippen molar-refractivity contribution in [1.82, 2.24) is 4.31 Å². The summed E-state index contributed by atoms with van der Waals surface area (Å²) in [5.41, 5.74) is 6.30. The molecule has 0 fully saturated rings. The Balaban J connectivity index is 3.25. The molecule has 0 radical (unpaired) electrons. The monoisotopic (exact) mass is 326 g/mol. The highest BCUT2D eigenvalue weighted by Crippen LogP contribution is 2.28. The van der Waals surface area contributed by atoms with Crippen molar-refractivity contribution in [3.63, 3.8) is 0 Å². The van der Waals surface area contributed by atoms with E-state index >= 15 is 0 Å². The van der Waals surface area contributed by atoms with Crippen LogP contribution in [0.5, 0.6) is 0 Å². The lowest BCUT2D eigenvalue weighted by molar-refractivity contribution is 0.424. The van der Waals surface area contributed by atoms with Crippen LogP contribution >= 0.6 is 11.6 Å². The first-order chi connectivity index (χ1) is 9.84. The molecule has 8 heteroatoms. The predicted molar refractivity (Wildman–Crippen MR) is 79.8 cm³/mol. The zero-order valence-corrected chi connectivity index (χ0v) is 13.1. The van der Waals surface area contributed by atoms with Gasteiger partial charge in [0.15, 0.2) is 0 Å². The summed E-state index contributed by atoms with van der Waals surface area (Å²) in [6.45, 7) is 1.68. The minimum absolute atomic E-state index is 0.0302. The quantitative estimate of drug-likeness (QED) is 0.804. The molecule has 0 saturated heterocycles. The van der Waals surface area contributed by atoms with Crippen molar-refractivity contribution >= 4 is 27.3 Å². The van der Waals surface area contributed by atoms with Crippen molar-refractivity contribution in [3.8, 4) is 12.1 Å². The van der Waals surface area contributed by atoms with Crippen molar-refractivity contribution in [1.29, 1.82) is 10.5 Å². The first kappa shape index (κ1) is 17.3. The molecule has 1 rings (SSSR count). The smallest absolute Gasteiger partial charge is 0.243 e. The minimum Gasteiger partial charge on any atom is -0.397 e. The van der Waals surface area contributed by atoms with Gasteiger partial charge in [-0.15, -0.1) is 0 Å². The lowest BCUT2D eigenvalue weighted by Crippen LogP contribution is -2.33. The maximum Gasteiger partial charge on any atom is 0.243 e. The minimum atomic E-state index is -3.82. The van der Waals surface area contributed by atoms with Crippen LogP contribution in [0.3, 0.4) is 0 Å². The number of hydrogen-bond donors (Lipinski definition) is 1. The van der Waals surface area contributed by atoms with Gasteiger partial charge in [0.2, 0.25) is 10.0 Å². The van der Waals surface area contributed by atoms with E-state index in [9.17, 15) is 8.42 Å². The summed E-state index contributed by atoms with van der Waals surface area (Å²) >= 11 is 5.86. The van der Waals surface area contributed by atoms with Crippen molar-refractivity contribution < 1.29 is 8.42 Å². The number of nitrogens with zero attached hydrogens (tertiary/aromatic N) is 3. The summed E-state index contributed by atoms with van der Waals surface area (Å²) in [7, 11) is -3.82. The number of aryl methyl sites for hydroxylation is 1. The lowest BCUT2D eigenvalue weighted by atomic mass is 10.2. The molecule has 6 nitrogen and oxygen atoms in total. The van der Waals surface area contributed by atoms with Crippen LogP contribution in [0.15, 0.2) is 17.0 Å². The Morgan fingerprint density at radius 2 is 1.76 bits per heavy atom. The van der Waals surface area contributed by atoms with Crippen LogP contribution in [0.1, 0.15) is 18.4 Å². The van der Waals surface area contributed by atoms with Crippen LogP contribution in [0.2, 0.25) is 5.02 Å². The molecular formula is C13H15ClN4O2S. The van der Waals surface area contributed by atoms with Crippen LogP contribution in [-0.2, 0) is 10.0 Å². The molecule has 0 aromatic heterocycles. The first-order valence-electron chi connectivity index (χ1n) is 6.14. The molecule has 0 heterocycles. The van der Waals surface area contributed by atoms with Gasteiger partial charge in [-0.1, -0.05) is 11.6 Å². The summed E-state index contributed by atoms with van der Waals surface area (Å²) in [5, 5.41) is 17.6. The largest absolute Gasteiger partial charge is 0.397 e. The molecule has 0 amide bonds. The Morgan fingerprint density at radius 1 is 1.24 bits per heavy atom. The van der Waals surface area contributed by atoms with E-state index in [0.717, 1.165) is 4.31 Å². The van der Waals surface area contributed by atoms with E-state index in [-0.39, 0.29) is 41.5 Å². The standard InChI is InChI=1S/C13H15ClN4O2S/c1-10-8-11(14)12(17)9-13(10)21(19,20)18(6-2-4-15)7-3-5-16/h8-9H,2-3,6-7,17H2,1H3. The molecule has 0 atom stereocenters. The van der Waals surface area contributed by atoms with Crippen molar-refractivity contribution in [2.75, 3.05) is 18.8 Å². The third kappa shape index (κ3) is 4.08. The molecule has 0 spiro atoms. The van der Waals surface area contributed by atoms with Crippen LogP contribution in [0.25, 0.3) is 0 Å². The number of benzene rings is 1. The number of rotatable bonds is 6. The highest BCUT2D eigenvalue weighted by molar-refractivity contribution is 7.89. The van der Waals surface area contributed by atoms with E-state index in [4.69, 9.17) is 27.9 Å². The number of hydrogen-bond acceptors (Lipinski definition) is 5. The molecule has 2 N–H and O–H groups in total. The zero-order valence-electron chi connectivity index (χ0n) is 11.5. The molecule has 0 aliphatic carbocycles. The molecule has 112 valence electrons. The van der Waals surface area contributed by atoms with E-state index < -0.39 is 10.0 Å². The van der Waals surface area contributed by atoms with Crippen LogP contribution in [0, 0.1) is 29.6 Å². The van der Waals surface area contributed by atoms with E-state index in [2.05, 4.69) is 0 Å². The SMILES string of the molecule is Cc1cc(Cl)c(N)cc1S(=O)(=O)N(CCC#N)CCC#N. The van der Waals surface area contributed by atoms with Gasteiger partial charge in [0.05, 0.1) is 27.7 Å². The third-order valence-corrected chi connectivity index (χ3v) is 5.23. The summed E-state index contributed by atoms with van der Waals surface area (Å²) in [6.07, 6.45) is 0.0968. The maximum atomic E-state index is 12.6. The second-order valence-electron chi connectivity index (χ2n) is 4.36. The van der Waals surface area contributed by atoms with Gasteiger partial charge in [-0.2, -0.15) is 14.8 Å². The van der Waals surface area contributed by atoms with Gasteiger partial charge in [-0.05, 0) is 24.6 Å². The summed E-state index contributed by atoms with van der Waals surface area (Å²) < 4.78 is 26.4. The summed E-state index contributed by atoms with van der Waals surface area (Å²) in [6, 6.07) is 6.58. The fourth-order valence-corrected chi connectivity index (χ4v) is 3.69. The Labute approximate surface area is 129 Å². The van der Waals surface area contributed by atoms with Crippen molar-refractivity contribution in [3.05, 3.63) is 22.7 Å². The second-order valence-corrected chi connectivity index (χ2v) is 6.67. The normalized spacial score (nSPS) is 11.1. The Kier molecular flexibility index (Phi) is 5.98. The number of halogens is 1. The topological polar surface area (TPSA) is 111 Å². The molecule has 0 unspecified atom stereocenters. The van der Waals surface area contributed by atoms with Crippen LogP contribution in [0.4, 0.5) is 5.69 Å². The van der Waals surface area contributed by atoms with Gasteiger partial charge in [0, 0.05) is 25.9 Å². The predicted octanol–water partition coefficient (Wildman–Crippen LogP) is 2.05. The van der Waals surface area contributed by atoms with Gasteiger partial charge >= 0.3 is 0 Å². The average Bonchev–Trinajstić information content (AvgIpc) is 2.42. The molecule has 0 bridgehead atoms. The Hall–Kier alpha value is -1.80. The molecule has 1 aromatic carbocycles. The first-order valence-corrected chi connectivity index (χ1v) is 7.96. The van der Waals surface area contributed by atoms with Crippen molar-refractivity contribution in [2.24, 2.45) is 0 Å². The van der Waals surface area contributed by atoms with E-state index in [1.54, 1.807) is 6.92 Å². The molecular weight excluding hydrogens is 312 g/mol. The molecule has 0 aliphatic heterocycles. The Bertz CT molecular complexity index is 686. The lowest BCUT2D eigenvalue weighted by Gasteiger charge is -2.21. The van der Waals surface area contributed by atoms with Crippen LogP contribution < -0.4 is 5.73 Å². The summed E-state index contributed by atoms with van der Waals surface area (Å²) in [4.78, 5) is 0.0419. The highest BCUT2D eigenvalue weighted by Gasteiger charge is 2.26. The fraction of sp³-hybridized carbons (Fsp3) is 0.385. The number of nitrogen functional groups attached to an aromatic ring is 1. The number of nitrogens with two attached hydrogens (primary N) is 1. The summed E-state index contributed by atoms with van der Waals surface area (Å²) in [5.74, 6) is 0. The molecule has 21 heavy (non-hydrogen) atoms. The van der Waals surface area contributed by atoms with Crippen LogP contribution in [-0.4, -0.2) is 25.8 Å². The van der Waals surface area contributed by atoms with Gasteiger partial charge in [-0.25, -0.2) is 8.42 Å². The molecule has 0 aliphatic rings. The highest BCUT2D eigenvalue weighted by atomic mass is 35.5. The average molecular weight is 327 g/mol. The van der Waals surface area contributed by atoms with E-state index in [1.165, 1.54) is 12.1 Å². The van der Waals surface area contributed by atoms with Gasteiger partial charge in [-0.3, -0.25) is 0 Å². The molecule has 1 aromatic rings.